The fourth-order valence-corrected chi connectivity index (χ4v) is 3.73. The van der Waals surface area contributed by atoms with E-state index < -0.39 is 16.3 Å². The van der Waals surface area contributed by atoms with Gasteiger partial charge in [0.1, 0.15) is 5.75 Å². The third-order valence-corrected chi connectivity index (χ3v) is 5.51. The number of rotatable bonds is 9. The maximum Gasteiger partial charge on any atom is 0.295 e. The van der Waals surface area contributed by atoms with Crippen molar-refractivity contribution in [3.63, 3.8) is 0 Å². The minimum atomic E-state index is -3.65. The molecule has 0 saturated carbocycles. The Balaban J connectivity index is 2.88. The number of likely N-dealkylation sites (N-methyl/N-ethyl adjacent to an activating group) is 1. The summed E-state index contributed by atoms with van der Waals surface area (Å²) in [6.45, 7) is 5.55. The molecule has 0 fully saturated rings. The summed E-state index contributed by atoms with van der Waals surface area (Å²) >= 11 is 0. The number of hydrogen-bond donors (Lipinski definition) is 0. The molecular weight excluding hydrogens is 322 g/mol. The highest BCUT2D eigenvalue weighted by molar-refractivity contribution is 7.89. The number of carbonyl (C=O) groups excluding carboxylic acids is 1. The van der Waals surface area contributed by atoms with E-state index >= 15 is 0 Å². The predicted octanol–water partition coefficient (Wildman–Crippen LogP) is 1.47. The highest BCUT2D eigenvalue weighted by Crippen LogP contribution is 2.27. The summed E-state index contributed by atoms with van der Waals surface area (Å²) in [5, 5.41) is 0. The van der Waals surface area contributed by atoms with Crippen molar-refractivity contribution >= 4 is 16.5 Å². The average Bonchev–Trinajstić information content (AvgIpc) is 2.46. The molecule has 0 aliphatic carbocycles. The van der Waals surface area contributed by atoms with Crippen molar-refractivity contribution in [1.82, 2.24) is 4.31 Å². The maximum absolute atomic E-state index is 12.7. The number of ether oxygens (including phenoxy) is 3. The molecule has 0 N–H and O–H groups in total. The summed E-state index contributed by atoms with van der Waals surface area (Å²) in [4.78, 5) is 10.4. The van der Waals surface area contributed by atoms with Crippen LogP contribution in [0.4, 0.5) is 0 Å². The largest absolute Gasteiger partial charge is 0.497 e. The Morgan fingerprint density at radius 1 is 1.26 bits per heavy atom. The molecule has 0 aliphatic heterocycles. The molecule has 1 aromatic carbocycles. The van der Waals surface area contributed by atoms with Crippen LogP contribution in [-0.4, -0.2) is 52.8 Å². The Morgan fingerprint density at radius 3 is 2.30 bits per heavy atom. The quantitative estimate of drug-likeness (QED) is 0.498. The first-order valence-electron chi connectivity index (χ1n) is 7.06. The van der Waals surface area contributed by atoms with Crippen LogP contribution >= 0.6 is 0 Å². The summed E-state index contributed by atoms with van der Waals surface area (Å²) in [7, 11) is -0.633. The minimum Gasteiger partial charge on any atom is -0.497 e. The van der Waals surface area contributed by atoms with E-state index in [1.807, 2.05) is 0 Å². The summed E-state index contributed by atoms with van der Waals surface area (Å²) in [6, 6.07) is 3.37. The lowest BCUT2D eigenvalue weighted by Crippen LogP contribution is -2.32. The molecule has 1 atom stereocenters. The van der Waals surface area contributed by atoms with Gasteiger partial charge in [-0.2, -0.15) is 4.31 Å². The lowest BCUT2D eigenvalue weighted by atomic mass is 10.1. The third kappa shape index (κ3) is 4.92. The van der Waals surface area contributed by atoms with Gasteiger partial charge in [0, 0.05) is 13.6 Å². The van der Waals surface area contributed by atoms with E-state index in [4.69, 9.17) is 9.47 Å². The summed E-state index contributed by atoms with van der Waals surface area (Å²) < 4.78 is 41.6. The number of sulfonamides is 1. The Bertz CT molecular complexity index is 620. The van der Waals surface area contributed by atoms with Crippen molar-refractivity contribution in [3.8, 4) is 5.75 Å². The minimum absolute atomic E-state index is 0.110. The van der Waals surface area contributed by atoms with Gasteiger partial charge < -0.3 is 14.2 Å². The Kier molecular flexibility index (Phi) is 6.99. The van der Waals surface area contributed by atoms with Gasteiger partial charge in [-0.05, 0) is 44.0 Å². The van der Waals surface area contributed by atoms with Crippen LogP contribution in [0, 0.1) is 13.8 Å². The van der Waals surface area contributed by atoms with Crippen LogP contribution in [0.25, 0.3) is 0 Å². The molecule has 0 spiro atoms. The van der Waals surface area contributed by atoms with E-state index in [0.717, 1.165) is 0 Å². The van der Waals surface area contributed by atoms with E-state index in [-0.39, 0.29) is 24.5 Å². The van der Waals surface area contributed by atoms with Crippen molar-refractivity contribution in [2.24, 2.45) is 0 Å². The molecular formula is C15H23NO6S. The fourth-order valence-electron chi connectivity index (χ4n) is 2.18. The number of hydrogen-bond acceptors (Lipinski definition) is 6. The Labute approximate surface area is 137 Å². The second kappa shape index (κ2) is 8.28. The normalized spacial score (nSPS) is 13.0. The van der Waals surface area contributed by atoms with Crippen LogP contribution < -0.4 is 4.74 Å². The SMILES string of the molecule is COc1cc(C)c(S(=O)(=O)N(C)CCOC(C)OC=O)c(C)c1. The predicted molar refractivity (Wildman–Crippen MR) is 84.8 cm³/mol. The summed E-state index contributed by atoms with van der Waals surface area (Å²) in [5.41, 5.74) is 1.24. The molecule has 0 bridgehead atoms. The fraction of sp³-hybridized carbons (Fsp3) is 0.533. The van der Waals surface area contributed by atoms with Gasteiger partial charge in [-0.1, -0.05) is 0 Å². The standard InChI is InChI=1S/C15H23NO6S/c1-11-8-14(20-5)9-12(2)15(11)23(18,19)16(4)6-7-21-13(3)22-10-17/h8-10,13H,6-7H2,1-5H3. The van der Waals surface area contributed by atoms with Gasteiger partial charge in [0.25, 0.3) is 6.47 Å². The van der Waals surface area contributed by atoms with E-state index in [1.165, 1.54) is 18.5 Å². The molecule has 7 nitrogen and oxygen atoms in total. The van der Waals surface area contributed by atoms with Crippen LogP contribution in [0.2, 0.25) is 0 Å². The smallest absolute Gasteiger partial charge is 0.295 e. The molecule has 0 heterocycles. The van der Waals surface area contributed by atoms with Gasteiger partial charge in [0.05, 0.1) is 18.6 Å². The molecule has 0 amide bonds. The van der Waals surface area contributed by atoms with Crippen molar-refractivity contribution in [2.45, 2.75) is 32.0 Å². The molecule has 0 radical (unpaired) electrons. The van der Waals surface area contributed by atoms with Crippen molar-refractivity contribution in [1.29, 1.82) is 0 Å². The highest BCUT2D eigenvalue weighted by atomic mass is 32.2. The zero-order valence-corrected chi connectivity index (χ0v) is 14.8. The van der Waals surface area contributed by atoms with E-state index in [0.29, 0.717) is 16.9 Å². The van der Waals surface area contributed by atoms with Crippen LogP contribution in [-0.2, 0) is 24.3 Å². The third-order valence-electron chi connectivity index (χ3n) is 3.34. The lowest BCUT2D eigenvalue weighted by Gasteiger charge is -2.21. The molecule has 0 saturated heterocycles. The second-order valence-electron chi connectivity index (χ2n) is 5.09. The van der Waals surface area contributed by atoms with Gasteiger partial charge in [0.15, 0.2) is 6.29 Å². The van der Waals surface area contributed by atoms with Gasteiger partial charge in [-0.3, -0.25) is 4.79 Å². The maximum atomic E-state index is 12.7. The van der Waals surface area contributed by atoms with Crippen LogP contribution in [0.1, 0.15) is 18.1 Å². The first kappa shape index (κ1) is 19.4. The topological polar surface area (TPSA) is 82.1 Å². The van der Waals surface area contributed by atoms with E-state index in [2.05, 4.69) is 4.74 Å². The van der Waals surface area contributed by atoms with E-state index in [1.54, 1.807) is 32.9 Å². The van der Waals surface area contributed by atoms with Gasteiger partial charge in [-0.15, -0.1) is 0 Å². The van der Waals surface area contributed by atoms with Crippen LogP contribution in [0.5, 0.6) is 5.75 Å². The molecule has 0 aromatic heterocycles. The lowest BCUT2D eigenvalue weighted by molar-refractivity contribution is -0.159. The number of aryl methyl sites for hydroxylation is 2. The molecule has 130 valence electrons. The van der Waals surface area contributed by atoms with Crippen molar-refractivity contribution in [3.05, 3.63) is 23.3 Å². The number of carbonyl (C=O) groups is 1. The number of methoxy groups -OCH3 is 1. The molecule has 23 heavy (non-hydrogen) atoms. The highest BCUT2D eigenvalue weighted by Gasteiger charge is 2.25. The van der Waals surface area contributed by atoms with Crippen LogP contribution in [0.15, 0.2) is 17.0 Å². The zero-order valence-electron chi connectivity index (χ0n) is 14.0. The second-order valence-corrected chi connectivity index (χ2v) is 7.07. The number of benzene rings is 1. The molecule has 0 aliphatic rings. The molecule has 1 aromatic rings. The monoisotopic (exact) mass is 345 g/mol. The Hall–Kier alpha value is -1.64. The molecule has 1 unspecified atom stereocenters. The van der Waals surface area contributed by atoms with Gasteiger partial charge in [0.2, 0.25) is 10.0 Å². The Morgan fingerprint density at radius 2 is 1.83 bits per heavy atom. The zero-order chi connectivity index (χ0) is 17.6. The van der Waals surface area contributed by atoms with Crippen LogP contribution in [0.3, 0.4) is 0 Å². The molecule has 1 rings (SSSR count). The molecule has 8 heteroatoms. The van der Waals surface area contributed by atoms with Gasteiger partial charge in [-0.25, -0.2) is 8.42 Å². The van der Waals surface area contributed by atoms with Crippen molar-refractivity contribution in [2.75, 3.05) is 27.3 Å². The van der Waals surface area contributed by atoms with Gasteiger partial charge >= 0.3 is 0 Å². The summed E-state index contributed by atoms with van der Waals surface area (Å²) in [6.07, 6.45) is -0.715. The first-order valence-corrected chi connectivity index (χ1v) is 8.50. The first-order chi connectivity index (χ1) is 10.7. The van der Waals surface area contributed by atoms with Crippen molar-refractivity contribution < 1.29 is 27.4 Å². The average molecular weight is 345 g/mol. The number of nitrogens with zero attached hydrogens (tertiary/aromatic N) is 1. The summed E-state index contributed by atoms with van der Waals surface area (Å²) in [5.74, 6) is 0.616. The van der Waals surface area contributed by atoms with E-state index in [9.17, 15) is 13.2 Å².